The Hall–Kier alpha value is -2.84. The van der Waals surface area contributed by atoms with Crippen molar-refractivity contribution in [3.05, 3.63) is 59.0 Å². The van der Waals surface area contributed by atoms with E-state index in [-0.39, 0.29) is 30.5 Å². The van der Waals surface area contributed by atoms with Crippen LogP contribution in [0.1, 0.15) is 12.0 Å². The number of hydrogen-bond acceptors (Lipinski definition) is 6. The van der Waals surface area contributed by atoms with E-state index in [0.717, 1.165) is 11.3 Å². The number of methoxy groups -OCH3 is 1. The molecule has 2 amide bonds. The van der Waals surface area contributed by atoms with Gasteiger partial charge in [0.25, 0.3) is 5.91 Å². The Morgan fingerprint density at radius 3 is 2.64 bits per heavy atom. The molecule has 0 aromatic heterocycles. The maximum absolute atomic E-state index is 12.6. The minimum Gasteiger partial charge on any atom is -0.506 e. The molecular weight excluding hydrogens is 396 g/mol. The number of nitrogens with zero attached hydrogens (tertiary/aromatic N) is 1. The molecule has 144 valence electrons. The summed E-state index contributed by atoms with van der Waals surface area (Å²) in [4.78, 5) is 26.7. The molecule has 2 aromatic rings. The second kappa shape index (κ2) is 8.90. The number of nitrogens with one attached hydrogen (secondary N) is 1. The molecule has 0 spiro atoms. The summed E-state index contributed by atoms with van der Waals surface area (Å²) >= 11 is 6.50. The normalized spacial score (nSPS) is 15.2. The number of thiocarbonyl (C=S) groups is 1. The lowest BCUT2D eigenvalue weighted by Gasteiger charge is -2.14. The molecule has 1 heterocycles. The van der Waals surface area contributed by atoms with Crippen LogP contribution in [0.3, 0.4) is 0 Å². The van der Waals surface area contributed by atoms with E-state index >= 15 is 0 Å². The Labute approximate surface area is 172 Å². The van der Waals surface area contributed by atoms with Gasteiger partial charge in [0.1, 0.15) is 15.8 Å². The fraction of sp³-hybridized carbons (Fsp3) is 0.150. The highest BCUT2D eigenvalue weighted by Gasteiger charge is 2.32. The number of carbonyl (C=O) groups excluding carboxylic acids is 2. The van der Waals surface area contributed by atoms with Crippen molar-refractivity contribution in [3.8, 4) is 11.5 Å². The molecule has 1 aliphatic heterocycles. The van der Waals surface area contributed by atoms with Crippen molar-refractivity contribution in [2.45, 2.75) is 6.42 Å². The highest BCUT2D eigenvalue weighted by molar-refractivity contribution is 8.26. The highest BCUT2D eigenvalue weighted by atomic mass is 32.2. The van der Waals surface area contributed by atoms with E-state index in [1.54, 1.807) is 31.4 Å². The van der Waals surface area contributed by atoms with Crippen LogP contribution in [0.25, 0.3) is 6.08 Å². The summed E-state index contributed by atoms with van der Waals surface area (Å²) in [6.45, 7) is 0.171. The monoisotopic (exact) mass is 414 g/mol. The first-order valence-corrected chi connectivity index (χ1v) is 9.67. The fourth-order valence-corrected chi connectivity index (χ4v) is 3.86. The van der Waals surface area contributed by atoms with Crippen LogP contribution in [0.15, 0.2) is 53.4 Å². The topological polar surface area (TPSA) is 78.9 Å². The van der Waals surface area contributed by atoms with Crippen LogP contribution in [-0.2, 0) is 9.59 Å². The van der Waals surface area contributed by atoms with Gasteiger partial charge >= 0.3 is 0 Å². The molecule has 0 bridgehead atoms. The summed E-state index contributed by atoms with van der Waals surface area (Å²) < 4.78 is 5.54. The first-order chi connectivity index (χ1) is 13.5. The Morgan fingerprint density at radius 2 is 1.96 bits per heavy atom. The van der Waals surface area contributed by atoms with Crippen molar-refractivity contribution < 1.29 is 19.4 Å². The smallest absolute Gasteiger partial charge is 0.266 e. The second-order valence-electron chi connectivity index (χ2n) is 5.92. The number of rotatable bonds is 6. The number of ether oxygens (including phenoxy) is 1. The van der Waals surface area contributed by atoms with E-state index in [1.165, 1.54) is 22.7 Å². The SMILES string of the molecule is COc1ccc(/C=C2/SC(=S)N(CCC(=O)Nc3ccccc3O)C2=O)cc1. The molecule has 2 N–H and O–H groups in total. The third-order valence-electron chi connectivity index (χ3n) is 4.03. The van der Waals surface area contributed by atoms with Crippen LogP contribution >= 0.6 is 24.0 Å². The van der Waals surface area contributed by atoms with E-state index in [4.69, 9.17) is 17.0 Å². The van der Waals surface area contributed by atoms with Gasteiger partial charge in [-0.1, -0.05) is 48.2 Å². The molecule has 6 nitrogen and oxygen atoms in total. The zero-order valence-electron chi connectivity index (χ0n) is 15.0. The van der Waals surface area contributed by atoms with Crippen molar-refractivity contribution >= 4 is 51.9 Å². The molecule has 0 unspecified atom stereocenters. The van der Waals surface area contributed by atoms with Crippen LogP contribution in [0, 0.1) is 0 Å². The zero-order chi connectivity index (χ0) is 20.1. The van der Waals surface area contributed by atoms with Gasteiger partial charge in [0.15, 0.2) is 0 Å². The number of amides is 2. The van der Waals surface area contributed by atoms with Crippen molar-refractivity contribution in [2.75, 3.05) is 19.0 Å². The standard InChI is InChI=1S/C20H18N2O4S2/c1-26-14-8-6-13(7-9-14)12-17-19(25)22(20(27)28-17)11-10-18(24)21-15-4-2-3-5-16(15)23/h2-9,12,23H,10-11H2,1H3,(H,21,24)/b17-12+. The first kappa shape index (κ1) is 19.9. The minimum absolute atomic E-state index is 0.0103. The lowest BCUT2D eigenvalue weighted by atomic mass is 10.2. The second-order valence-corrected chi connectivity index (χ2v) is 7.60. The minimum atomic E-state index is -0.310. The molecule has 0 atom stereocenters. The first-order valence-electron chi connectivity index (χ1n) is 8.45. The van der Waals surface area contributed by atoms with E-state index in [0.29, 0.717) is 14.9 Å². The molecule has 0 radical (unpaired) electrons. The number of para-hydroxylation sites is 2. The van der Waals surface area contributed by atoms with Gasteiger partial charge in [0.2, 0.25) is 5.91 Å². The molecule has 3 rings (SSSR count). The zero-order valence-corrected chi connectivity index (χ0v) is 16.7. The van der Waals surface area contributed by atoms with Crippen LogP contribution in [-0.4, -0.2) is 39.8 Å². The Bertz CT molecular complexity index is 941. The van der Waals surface area contributed by atoms with Crippen molar-refractivity contribution in [2.24, 2.45) is 0 Å². The molecule has 1 fully saturated rings. The summed E-state index contributed by atoms with van der Waals surface area (Å²) in [7, 11) is 1.59. The summed E-state index contributed by atoms with van der Waals surface area (Å²) in [6.07, 6.45) is 1.83. The molecular formula is C20H18N2O4S2. The number of thioether (sulfide) groups is 1. The van der Waals surface area contributed by atoms with Crippen molar-refractivity contribution in [3.63, 3.8) is 0 Å². The number of carbonyl (C=O) groups is 2. The van der Waals surface area contributed by atoms with Crippen LogP contribution in [0.4, 0.5) is 5.69 Å². The van der Waals surface area contributed by atoms with E-state index in [1.807, 2.05) is 24.3 Å². The third-order valence-corrected chi connectivity index (χ3v) is 5.41. The van der Waals surface area contributed by atoms with Gasteiger partial charge in [0, 0.05) is 13.0 Å². The van der Waals surface area contributed by atoms with Gasteiger partial charge in [-0.15, -0.1) is 0 Å². The third kappa shape index (κ3) is 4.71. The van der Waals surface area contributed by atoms with E-state index < -0.39 is 0 Å². The average Bonchev–Trinajstić information content (AvgIpc) is 2.95. The molecule has 0 aliphatic carbocycles. The van der Waals surface area contributed by atoms with Crippen LogP contribution in [0.2, 0.25) is 0 Å². The number of hydrogen-bond donors (Lipinski definition) is 2. The van der Waals surface area contributed by atoms with Crippen LogP contribution in [0.5, 0.6) is 11.5 Å². The van der Waals surface area contributed by atoms with Crippen molar-refractivity contribution in [1.29, 1.82) is 0 Å². The summed E-state index contributed by atoms with van der Waals surface area (Å²) in [5.74, 6) is 0.194. The number of phenolic OH excluding ortho intramolecular Hbond substituents is 1. The molecule has 0 saturated carbocycles. The van der Waals surface area contributed by atoms with Gasteiger partial charge in [-0.3, -0.25) is 14.5 Å². The van der Waals surface area contributed by atoms with E-state index in [9.17, 15) is 14.7 Å². The lowest BCUT2D eigenvalue weighted by molar-refractivity contribution is -0.122. The number of anilines is 1. The lowest BCUT2D eigenvalue weighted by Crippen LogP contribution is -2.31. The Balaban J connectivity index is 1.61. The largest absolute Gasteiger partial charge is 0.506 e. The number of phenols is 1. The van der Waals surface area contributed by atoms with Gasteiger partial charge in [-0.05, 0) is 35.9 Å². The van der Waals surface area contributed by atoms with Gasteiger partial charge in [0.05, 0.1) is 17.7 Å². The maximum atomic E-state index is 12.6. The molecule has 1 saturated heterocycles. The maximum Gasteiger partial charge on any atom is 0.266 e. The molecule has 8 heteroatoms. The number of benzene rings is 2. The summed E-state index contributed by atoms with van der Waals surface area (Å²) in [5.41, 5.74) is 1.19. The van der Waals surface area contributed by atoms with Crippen molar-refractivity contribution in [1.82, 2.24) is 4.90 Å². The van der Waals surface area contributed by atoms with E-state index in [2.05, 4.69) is 5.32 Å². The molecule has 28 heavy (non-hydrogen) atoms. The number of aromatic hydroxyl groups is 1. The van der Waals surface area contributed by atoms with Gasteiger partial charge in [-0.25, -0.2) is 0 Å². The quantitative estimate of drug-likeness (QED) is 0.427. The van der Waals surface area contributed by atoms with Gasteiger partial charge in [-0.2, -0.15) is 0 Å². The predicted octanol–water partition coefficient (Wildman–Crippen LogP) is 3.63. The summed E-state index contributed by atoms with van der Waals surface area (Å²) in [5, 5.41) is 12.3. The van der Waals surface area contributed by atoms with Gasteiger partial charge < -0.3 is 15.2 Å². The average molecular weight is 415 g/mol. The van der Waals surface area contributed by atoms with Crippen LogP contribution < -0.4 is 10.1 Å². The fourth-order valence-electron chi connectivity index (χ4n) is 2.55. The molecule has 2 aromatic carbocycles. The Morgan fingerprint density at radius 1 is 1.25 bits per heavy atom. The molecule has 1 aliphatic rings. The predicted molar refractivity (Wildman–Crippen MR) is 114 cm³/mol. The highest BCUT2D eigenvalue weighted by Crippen LogP contribution is 2.33. The Kier molecular flexibility index (Phi) is 6.33. The summed E-state index contributed by atoms with van der Waals surface area (Å²) in [6, 6.07) is 13.8.